The highest BCUT2D eigenvalue weighted by Crippen LogP contribution is 2.13. The Bertz CT molecular complexity index is 543. The fourth-order valence-electron chi connectivity index (χ4n) is 2.64. The first-order chi connectivity index (χ1) is 11.1. The summed E-state index contributed by atoms with van der Waals surface area (Å²) in [6.45, 7) is 3.27. The number of benzene rings is 1. The van der Waals surface area contributed by atoms with E-state index in [1.165, 1.54) is 7.11 Å². The lowest BCUT2D eigenvalue weighted by Crippen LogP contribution is -2.41. The second-order valence-corrected chi connectivity index (χ2v) is 5.70. The van der Waals surface area contributed by atoms with Crippen molar-refractivity contribution in [3.05, 3.63) is 35.4 Å². The Labute approximate surface area is 160 Å². The zero-order chi connectivity index (χ0) is 16.7. The van der Waals surface area contributed by atoms with Gasteiger partial charge in [0.15, 0.2) is 5.96 Å². The largest absolute Gasteiger partial charge is 0.465 e. The average Bonchev–Trinajstić information content (AvgIpc) is 3.08. The van der Waals surface area contributed by atoms with Crippen LogP contribution in [0.3, 0.4) is 0 Å². The molecule has 0 aromatic heterocycles. The number of halogens is 1. The normalized spacial score (nSPS) is 17.1. The molecule has 24 heavy (non-hydrogen) atoms. The van der Waals surface area contributed by atoms with Gasteiger partial charge in [-0.05, 0) is 24.1 Å². The molecule has 1 aliphatic heterocycles. The van der Waals surface area contributed by atoms with Gasteiger partial charge in [-0.1, -0.05) is 12.1 Å². The molecule has 1 aromatic rings. The van der Waals surface area contributed by atoms with Crippen LogP contribution in [-0.2, 0) is 16.0 Å². The van der Waals surface area contributed by atoms with Crippen LogP contribution in [0, 0.1) is 5.92 Å². The van der Waals surface area contributed by atoms with Gasteiger partial charge in [-0.2, -0.15) is 0 Å². The number of guanidine groups is 1. The zero-order valence-corrected chi connectivity index (χ0v) is 16.8. The van der Waals surface area contributed by atoms with Gasteiger partial charge in [-0.3, -0.25) is 4.99 Å². The zero-order valence-electron chi connectivity index (χ0n) is 14.4. The van der Waals surface area contributed by atoms with E-state index >= 15 is 0 Å². The maximum atomic E-state index is 11.4. The number of methoxy groups -OCH3 is 1. The topological polar surface area (TPSA) is 63.2 Å². The molecule has 7 heteroatoms. The average molecular weight is 447 g/mol. The summed E-state index contributed by atoms with van der Waals surface area (Å²) in [5.74, 6) is 1.10. The van der Waals surface area contributed by atoms with Gasteiger partial charge in [0.1, 0.15) is 0 Å². The van der Waals surface area contributed by atoms with E-state index in [1.807, 2.05) is 19.2 Å². The van der Waals surface area contributed by atoms with Crippen molar-refractivity contribution in [3.8, 4) is 0 Å². The number of nitrogens with zero attached hydrogens (tertiary/aromatic N) is 2. The summed E-state index contributed by atoms with van der Waals surface area (Å²) in [4.78, 5) is 17.9. The van der Waals surface area contributed by atoms with Crippen molar-refractivity contribution in [2.75, 3.05) is 41.0 Å². The molecular weight excluding hydrogens is 421 g/mol. The van der Waals surface area contributed by atoms with Crippen molar-refractivity contribution >= 4 is 35.9 Å². The highest BCUT2D eigenvalue weighted by molar-refractivity contribution is 14.0. The minimum absolute atomic E-state index is 0. The summed E-state index contributed by atoms with van der Waals surface area (Å²) in [7, 11) is 5.20. The third-order valence-corrected chi connectivity index (χ3v) is 3.96. The summed E-state index contributed by atoms with van der Waals surface area (Å²) in [6, 6.07) is 7.37. The van der Waals surface area contributed by atoms with Crippen molar-refractivity contribution in [2.45, 2.75) is 13.0 Å². The van der Waals surface area contributed by atoms with Gasteiger partial charge in [0, 0.05) is 39.7 Å². The van der Waals surface area contributed by atoms with E-state index in [0.717, 1.165) is 37.7 Å². The van der Waals surface area contributed by atoms with Crippen LogP contribution in [0.4, 0.5) is 0 Å². The monoisotopic (exact) mass is 447 g/mol. The molecule has 1 aromatic carbocycles. The number of aliphatic imine (C=N–C) groups is 1. The molecule has 1 heterocycles. The summed E-state index contributed by atoms with van der Waals surface area (Å²) in [6.07, 6.45) is 1.11. The number of hydrogen-bond donors (Lipinski definition) is 1. The Balaban J connectivity index is 0.00000288. The maximum absolute atomic E-state index is 11.4. The van der Waals surface area contributed by atoms with E-state index in [0.29, 0.717) is 18.0 Å². The highest BCUT2D eigenvalue weighted by Gasteiger charge is 2.19. The number of carbonyl (C=O) groups excluding carboxylic acids is 1. The SMILES string of the molecule is CN=C(NCc1ccc(C(=O)OC)cc1)N(C)CC1CCOC1.I. The second kappa shape index (κ2) is 10.5. The summed E-state index contributed by atoms with van der Waals surface area (Å²) in [5, 5.41) is 3.34. The second-order valence-electron chi connectivity index (χ2n) is 5.70. The third kappa shape index (κ3) is 5.94. The van der Waals surface area contributed by atoms with E-state index < -0.39 is 0 Å². The summed E-state index contributed by atoms with van der Waals surface area (Å²) >= 11 is 0. The quantitative estimate of drug-likeness (QED) is 0.325. The molecule has 1 unspecified atom stereocenters. The van der Waals surface area contributed by atoms with Gasteiger partial charge in [0.25, 0.3) is 0 Å². The number of carbonyl (C=O) groups is 1. The predicted molar refractivity (Wildman–Crippen MR) is 105 cm³/mol. The van der Waals surface area contributed by atoms with Crippen molar-refractivity contribution in [3.63, 3.8) is 0 Å². The van der Waals surface area contributed by atoms with Crippen molar-refractivity contribution in [1.29, 1.82) is 0 Å². The molecule has 0 spiro atoms. The minimum Gasteiger partial charge on any atom is -0.465 e. The van der Waals surface area contributed by atoms with Crippen LogP contribution in [0.15, 0.2) is 29.3 Å². The Kier molecular flexibility index (Phi) is 9.05. The fourth-order valence-corrected chi connectivity index (χ4v) is 2.64. The minimum atomic E-state index is -0.321. The number of rotatable bonds is 5. The van der Waals surface area contributed by atoms with Crippen LogP contribution in [-0.4, -0.2) is 57.8 Å². The smallest absolute Gasteiger partial charge is 0.337 e. The van der Waals surface area contributed by atoms with Crippen LogP contribution in [0.1, 0.15) is 22.3 Å². The summed E-state index contributed by atoms with van der Waals surface area (Å²) in [5.41, 5.74) is 1.63. The third-order valence-electron chi connectivity index (χ3n) is 3.96. The molecule has 1 N–H and O–H groups in total. The lowest BCUT2D eigenvalue weighted by Gasteiger charge is -2.24. The summed E-state index contributed by atoms with van der Waals surface area (Å²) < 4.78 is 10.1. The molecule has 134 valence electrons. The lowest BCUT2D eigenvalue weighted by molar-refractivity contribution is 0.0600. The van der Waals surface area contributed by atoms with Gasteiger partial charge in [-0.15, -0.1) is 24.0 Å². The van der Waals surface area contributed by atoms with E-state index in [4.69, 9.17) is 9.47 Å². The maximum Gasteiger partial charge on any atom is 0.337 e. The standard InChI is InChI=1S/C17H25N3O3.HI/c1-18-17(20(2)11-14-8-9-23-12-14)19-10-13-4-6-15(7-5-13)16(21)22-3;/h4-7,14H,8-12H2,1-3H3,(H,18,19);1H. The molecule has 6 nitrogen and oxygen atoms in total. The van der Waals surface area contributed by atoms with Crippen LogP contribution in [0.5, 0.6) is 0 Å². The molecule has 2 rings (SSSR count). The van der Waals surface area contributed by atoms with Crippen molar-refractivity contribution in [2.24, 2.45) is 10.9 Å². The Morgan fingerprint density at radius 2 is 2.12 bits per heavy atom. The van der Waals surface area contributed by atoms with Gasteiger partial charge in [-0.25, -0.2) is 4.79 Å². The van der Waals surface area contributed by atoms with Crippen LogP contribution in [0.2, 0.25) is 0 Å². The number of hydrogen-bond acceptors (Lipinski definition) is 4. The molecule has 0 radical (unpaired) electrons. The molecular formula is C17H26IN3O3. The Hall–Kier alpha value is -1.35. The molecule has 0 aliphatic carbocycles. The molecule has 1 atom stereocenters. The first-order valence-corrected chi connectivity index (χ1v) is 7.80. The molecule has 1 fully saturated rings. The Morgan fingerprint density at radius 3 is 2.67 bits per heavy atom. The van der Waals surface area contributed by atoms with Crippen LogP contribution in [0.25, 0.3) is 0 Å². The molecule has 0 saturated carbocycles. The first kappa shape index (κ1) is 20.7. The van der Waals surface area contributed by atoms with Crippen LogP contribution < -0.4 is 5.32 Å². The van der Waals surface area contributed by atoms with Crippen molar-refractivity contribution in [1.82, 2.24) is 10.2 Å². The predicted octanol–water partition coefficient (Wildman–Crippen LogP) is 2.13. The van der Waals surface area contributed by atoms with E-state index in [9.17, 15) is 4.79 Å². The number of esters is 1. The fraction of sp³-hybridized carbons (Fsp3) is 0.529. The van der Waals surface area contributed by atoms with Crippen LogP contribution >= 0.6 is 24.0 Å². The Morgan fingerprint density at radius 1 is 1.42 bits per heavy atom. The van der Waals surface area contributed by atoms with Gasteiger partial charge in [0.05, 0.1) is 19.3 Å². The van der Waals surface area contributed by atoms with E-state index in [2.05, 4.69) is 15.2 Å². The van der Waals surface area contributed by atoms with Gasteiger partial charge >= 0.3 is 5.97 Å². The molecule has 1 aliphatic rings. The highest BCUT2D eigenvalue weighted by atomic mass is 127. The lowest BCUT2D eigenvalue weighted by atomic mass is 10.1. The molecule has 0 amide bonds. The van der Waals surface area contributed by atoms with E-state index in [1.54, 1.807) is 19.2 Å². The first-order valence-electron chi connectivity index (χ1n) is 7.80. The van der Waals surface area contributed by atoms with Gasteiger partial charge < -0.3 is 19.7 Å². The number of nitrogens with one attached hydrogen (secondary N) is 1. The molecule has 1 saturated heterocycles. The van der Waals surface area contributed by atoms with E-state index in [-0.39, 0.29) is 29.9 Å². The number of ether oxygens (including phenoxy) is 2. The van der Waals surface area contributed by atoms with Gasteiger partial charge in [0.2, 0.25) is 0 Å². The van der Waals surface area contributed by atoms with Crippen molar-refractivity contribution < 1.29 is 14.3 Å². The molecule has 0 bridgehead atoms.